The number of hydrogen-bond donors (Lipinski definition) is 2. The van der Waals surface area contributed by atoms with E-state index >= 15 is 0 Å². The van der Waals surface area contributed by atoms with Crippen LogP contribution in [-0.2, 0) is 4.74 Å². The molecule has 0 bridgehead atoms. The van der Waals surface area contributed by atoms with Crippen LogP contribution in [0.25, 0.3) is 11.0 Å². The van der Waals surface area contributed by atoms with Gasteiger partial charge in [0.1, 0.15) is 5.52 Å². The van der Waals surface area contributed by atoms with Crippen molar-refractivity contribution >= 4 is 16.7 Å². The molecule has 1 aromatic heterocycles. The third-order valence-corrected chi connectivity index (χ3v) is 3.27. The molecule has 19 heavy (non-hydrogen) atoms. The van der Waals surface area contributed by atoms with E-state index in [0.29, 0.717) is 16.7 Å². The van der Waals surface area contributed by atoms with E-state index in [0.717, 1.165) is 0 Å². The van der Waals surface area contributed by atoms with Crippen molar-refractivity contribution in [3.05, 3.63) is 24.5 Å². The van der Waals surface area contributed by atoms with Crippen LogP contribution in [-0.4, -0.2) is 33.3 Å². The van der Waals surface area contributed by atoms with Crippen LogP contribution in [0, 0.1) is 0 Å². The molecule has 2 heterocycles. The Morgan fingerprint density at radius 1 is 1.53 bits per heavy atom. The molecule has 7 heteroatoms. The van der Waals surface area contributed by atoms with Crippen molar-refractivity contribution in [3.63, 3.8) is 0 Å². The van der Waals surface area contributed by atoms with Crippen molar-refractivity contribution in [1.82, 2.24) is 9.55 Å². The smallest absolute Gasteiger partial charge is 0.294 e. The number of fused-ring (bicyclic) bond motifs is 1. The summed E-state index contributed by atoms with van der Waals surface area (Å²) in [4.78, 5) is 4.04. The summed E-state index contributed by atoms with van der Waals surface area (Å²) in [5, 5.41) is 8.97. The Morgan fingerprint density at radius 3 is 3.00 bits per heavy atom. The van der Waals surface area contributed by atoms with Crippen molar-refractivity contribution in [3.8, 4) is 0 Å². The summed E-state index contributed by atoms with van der Waals surface area (Å²) in [7, 11) is 0. The minimum absolute atomic E-state index is 0.427. The SMILES string of the molecule is Nc1cccc2c1ncn2[C@H]1O[C@H](CO)CC1(F)F. The van der Waals surface area contributed by atoms with Gasteiger partial charge in [-0.1, -0.05) is 6.07 Å². The van der Waals surface area contributed by atoms with Gasteiger partial charge < -0.3 is 15.6 Å². The molecule has 0 saturated carbocycles. The molecule has 0 spiro atoms. The van der Waals surface area contributed by atoms with Crippen LogP contribution in [0.3, 0.4) is 0 Å². The quantitative estimate of drug-likeness (QED) is 0.811. The number of alkyl halides is 2. The summed E-state index contributed by atoms with van der Waals surface area (Å²) in [5.74, 6) is -3.05. The molecule has 0 aliphatic carbocycles. The van der Waals surface area contributed by atoms with E-state index in [-0.39, 0.29) is 0 Å². The van der Waals surface area contributed by atoms with Gasteiger partial charge in [-0.15, -0.1) is 0 Å². The van der Waals surface area contributed by atoms with Gasteiger partial charge in [0.05, 0.1) is 30.2 Å². The van der Waals surface area contributed by atoms with E-state index in [1.807, 2.05) is 0 Å². The Hall–Kier alpha value is -1.73. The number of benzene rings is 1. The van der Waals surface area contributed by atoms with Gasteiger partial charge in [-0.2, -0.15) is 0 Å². The molecule has 102 valence electrons. The van der Waals surface area contributed by atoms with E-state index in [4.69, 9.17) is 15.6 Å². The van der Waals surface area contributed by atoms with Crippen LogP contribution >= 0.6 is 0 Å². The lowest BCUT2D eigenvalue weighted by molar-refractivity contribution is -0.116. The Morgan fingerprint density at radius 2 is 2.32 bits per heavy atom. The number of rotatable bonds is 2. The standard InChI is InChI=1S/C12H13F2N3O2/c13-12(14)4-7(5-18)19-11(12)17-6-16-10-8(15)2-1-3-9(10)17/h1-3,6-7,11,18H,4-5,15H2/t7-,11-/m0/s1. The maximum atomic E-state index is 13.9. The van der Waals surface area contributed by atoms with Crippen LogP contribution in [0.15, 0.2) is 24.5 Å². The number of aliphatic hydroxyl groups excluding tert-OH is 1. The van der Waals surface area contributed by atoms with Crippen LogP contribution < -0.4 is 5.73 Å². The van der Waals surface area contributed by atoms with E-state index in [9.17, 15) is 8.78 Å². The highest BCUT2D eigenvalue weighted by Crippen LogP contribution is 2.43. The van der Waals surface area contributed by atoms with Gasteiger partial charge in [-0.05, 0) is 12.1 Å². The fraction of sp³-hybridized carbons (Fsp3) is 0.417. The van der Waals surface area contributed by atoms with Crippen LogP contribution in [0.4, 0.5) is 14.5 Å². The highest BCUT2D eigenvalue weighted by molar-refractivity contribution is 5.87. The molecule has 1 aliphatic rings. The highest BCUT2D eigenvalue weighted by Gasteiger charge is 2.51. The number of hydrogen-bond acceptors (Lipinski definition) is 4. The predicted octanol–water partition coefficient (Wildman–Crippen LogP) is 1.53. The number of para-hydroxylation sites is 1. The first-order valence-electron chi connectivity index (χ1n) is 5.88. The average Bonchev–Trinajstić information content (AvgIpc) is 2.90. The summed E-state index contributed by atoms with van der Waals surface area (Å²) >= 11 is 0. The van der Waals surface area contributed by atoms with Gasteiger partial charge >= 0.3 is 0 Å². The molecule has 1 saturated heterocycles. The van der Waals surface area contributed by atoms with E-state index < -0.39 is 31.3 Å². The number of aromatic nitrogens is 2. The first kappa shape index (κ1) is 12.3. The fourth-order valence-electron chi connectivity index (χ4n) is 2.38. The Kier molecular flexibility index (Phi) is 2.68. The Balaban J connectivity index is 2.07. The molecule has 2 atom stereocenters. The van der Waals surface area contributed by atoms with E-state index in [1.54, 1.807) is 18.2 Å². The number of anilines is 1. The molecular formula is C12H13F2N3O2. The fourth-order valence-corrected chi connectivity index (χ4v) is 2.38. The third kappa shape index (κ3) is 1.85. The van der Waals surface area contributed by atoms with Crippen LogP contribution in [0.2, 0.25) is 0 Å². The minimum atomic E-state index is -3.05. The zero-order valence-corrected chi connectivity index (χ0v) is 9.96. The Bertz CT molecular complexity index is 614. The van der Waals surface area contributed by atoms with Crippen LogP contribution in [0.5, 0.6) is 0 Å². The van der Waals surface area contributed by atoms with Crippen molar-refractivity contribution in [2.24, 2.45) is 0 Å². The molecular weight excluding hydrogens is 256 g/mol. The van der Waals surface area contributed by atoms with Crippen molar-refractivity contribution in [2.75, 3.05) is 12.3 Å². The van der Waals surface area contributed by atoms with Gasteiger partial charge in [-0.25, -0.2) is 13.8 Å². The number of ether oxygens (including phenoxy) is 1. The second kappa shape index (κ2) is 4.14. The summed E-state index contributed by atoms with van der Waals surface area (Å²) in [5.41, 5.74) is 7.13. The Labute approximate surface area is 107 Å². The molecule has 1 aliphatic heterocycles. The predicted molar refractivity (Wildman–Crippen MR) is 64.7 cm³/mol. The number of nitrogen functional groups attached to an aromatic ring is 1. The summed E-state index contributed by atoms with van der Waals surface area (Å²) in [6, 6.07) is 4.99. The monoisotopic (exact) mass is 269 g/mol. The number of nitrogens with zero attached hydrogens (tertiary/aromatic N) is 2. The maximum Gasteiger partial charge on any atom is 0.294 e. The zero-order valence-electron chi connectivity index (χ0n) is 9.96. The molecule has 2 aromatic rings. The number of halogens is 2. The second-order valence-electron chi connectivity index (χ2n) is 4.62. The normalized spacial score (nSPS) is 26.1. The topological polar surface area (TPSA) is 73.3 Å². The lowest BCUT2D eigenvalue weighted by Gasteiger charge is -2.19. The molecule has 1 fully saturated rings. The number of aliphatic hydroxyl groups is 1. The summed E-state index contributed by atoms with van der Waals surface area (Å²) < 4.78 is 34.3. The van der Waals surface area contributed by atoms with E-state index in [1.165, 1.54) is 10.9 Å². The number of imidazole rings is 1. The largest absolute Gasteiger partial charge is 0.397 e. The maximum absolute atomic E-state index is 13.9. The molecule has 1 aromatic carbocycles. The molecule has 3 rings (SSSR count). The minimum Gasteiger partial charge on any atom is -0.397 e. The molecule has 0 radical (unpaired) electrons. The van der Waals surface area contributed by atoms with Crippen molar-refractivity contribution in [1.29, 1.82) is 0 Å². The van der Waals surface area contributed by atoms with Crippen molar-refractivity contribution in [2.45, 2.75) is 24.7 Å². The first-order valence-corrected chi connectivity index (χ1v) is 5.88. The molecule has 3 N–H and O–H groups in total. The highest BCUT2D eigenvalue weighted by atomic mass is 19.3. The van der Waals surface area contributed by atoms with Gasteiger partial charge in [0.25, 0.3) is 5.92 Å². The molecule has 5 nitrogen and oxygen atoms in total. The average molecular weight is 269 g/mol. The van der Waals surface area contributed by atoms with Crippen molar-refractivity contribution < 1.29 is 18.6 Å². The lowest BCUT2D eigenvalue weighted by Crippen LogP contribution is -2.25. The van der Waals surface area contributed by atoms with Gasteiger partial charge in [0, 0.05) is 6.42 Å². The third-order valence-electron chi connectivity index (χ3n) is 3.27. The second-order valence-corrected chi connectivity index (χ2v) is 4.62. The summed E-state index contributed by atoms with van der Waals surface area (Å²) in [6.45, 7) is -0.430. The van der Waals surface area contributed by atoms with Gasteiger partial charge in [-0.3, -0.25) is 4.57 Å². The van der Waals surface area contributed by atoms with Gasteiger partial charge in [0.2, 0.25) is 0 Å². The zero-order chi connectivity index (χ0) is 13.6. The van der Waals surface area contributed by atoms with Gasteiger partial charge in [0.15, 0.2) is 6.23 Å². The van der Waals surface area contributed by atoms with Crippen LogP contribution in [0.1, 0.15) is 12.6 Å². The molecule has 0 unspecified atom stereocenters. The lowest BCUT2D eigenvalue weighted by atomic mass is 10.2. The van der Waals surface area contributed by atoms with E-state index in [2.05, 4.69) is 4.98 Å². The summed E-state index contributed by atoms with van der Waals surface area (Å²) in [6.07, 6.45) is -1.54. The molecule has 0 amide bonds. The first-order chi connectivity index (χ1) is 9.03. The number of nitrogens with two attached hydrogens (primary N) is 1.